The summed E-state index contributed by atoms with van der Waals surface area (Å²) in [7, 11) is 0. The molecule has 0 atom stereocenters. The second-order valence-electron chi connectivity index (χ2n) is 6.50. The number of morpholine rings is 1. The fraction of sp³-hybridized carbons (Fsp3) is 0.632. The first-order valence-corrected chi connectivity index (χ1v) is 9.51. The first kappa shape index (κ1) is 25.9. The number of nitrogens with zero attached hydrogens (tertiary/aromatic N) is 2. The summed E-state index contributed by atoms with van der Waals surface area (Å²) in [5.41, 5.74) is 1.68. The molecule has 0 bridgehead atoms. The lowest BCUT2D eigenvalue weighted by Crippen LogP contribution is -2.44. The van der Waals surface area contributed by atoms with Crippen molar-refractivity contribution in [3.05, 3.63) is 35.4 Å². The van der Waals surface area contributed by atoms with Crippen LogP contribution >= 0.6 is 24.0 Å². The lowest BCUT2D eigenvalue weighted by atomic mass is 10.1. The molecule has 166 valence electrons. The van der Waals surface area contributed by atoms with Gasteiger partial charge in [-0.25, -0.2) is 4.99 Å². The van der Waals surface area contributed by atoms with Crippen molar-refractivity contribution in [2.45, 2.75) is 26.3 Å². The summed E-state index contributed by atoms with van der Waals surface area (Å²) in [6.07, 6.45) is -4.30. The number of ether oxygens (including phenoxy) is 2. The molecule has 0 saturated carbocycles. The van der Waals surface area contributed by atoms with Gasteiger partial charge < -0.3 is 20.1 Å². The van der Waals surface area contributed by atoms with Crippen LogP contribution in [0.2, 0.25) is 0 Å². The third-order valence-corrected chi connectivity index (χ3v) is 4.15. The molecular weight excluding hydrogens is 500 g/mol. The normalized spacial score (nSPS) is 15.7. The molecule has 2 N–H and O–H groups in total. The van der Waals surface area contributed by atoms with Gasteiger partial charge in [0.15, 0.2) is 5.96 Å². The van der Waals surface area contributed by atoms with Crippen LogP contribution in [0.25, 0.3) is 0 Å². The van der Waals surface area contributed by atoms with Crippen LogP contribution in [0.3, 0.4) is 0 Å². The molecule has 1 heterocycles. The molecule has 1 aliphatic heterocycles. The summed E-state index contributed by atoms with van der Waals surface area (Å²) in [5.74, 6) is 0.744. The molecule has 0 radical (unpaired) electrons. The predicted molar refractivity (Wildman–Crippen MR) is 118 cm³/mol. The smallest absolute Gasteiger partial charge is 0.379 e. The fourth-order valence-corrected chi connectivity index (χ4v) is 2.69. The minimum Gasteiger partial charge on any atom is -0.379 e. The van der Waals surface area contributed by atoms with E-state index >= 15 is 0 Å². The van der Waals surface area contributed by atoms with Crippen LogP contribution in [0.1, 0.15) is 18.1 Å². The highest BCUT2D eigenvalue weighted by atomic mass is 127. The van der Waals surface area contributed by atoms with E-state index in [1.54, 1.807) is 12.1 Å². The number of hydrogen-bond acceptors (Lipinski definition) is 4. The Morgan fingerprint density at radius 1 is 1.14 bits per heavy atom. The summed E-state index contributed by atoms with van der Waals surface area (Å²) in [4.78, 5) is 6.91. The molecule has 2 rings (SSSR count). The summed E-state index contributed by atoms with van der Waals surface area (Å²) in [6.45, 7) is 7.15. The van der Waals surface area contributed by atoms with E-state index < -0.39 is 12.8 Å². The SMILES string of the molecule is CCNC(=NCc1ccc(COCC(F)(F)F)cc1)NCCN1CCOCC1.I. The van der Waals surface area contributed by atoms with Gasteiger partial charge in [-0.3, -0.25) is 4.90 Å². The van der Waals surface area contributed by atoms with Crippen molar-refractivity contribution in [3.8, 4) is 0 Å². The number of halogens is 4. The number of rotatable bonds is 9. The zero-order valence-corrected chi connectivity index (χ0v) is 19.0. The Bertz CT molecular complexity index is 594. The topological polar surface area (TPSA) is 58.1 Å². The fourth-order valence-electron chi connectivity index (χ4n) is 2.69. The quantitative estimate of drug-likeness (QED) is 0.292. The highest BCUT2D eigenvalue weighted by Crippen LogP contribution is 2.16. The zero-order chi connectivity index (χ0) is 20.2. The van der Waals surface area contributed by atoms with Crippen molar-refractivity contribution >= 4 is 29.9 Å². The van der Waals surface area contributed by atoms with Crippen LogP contribution in [-0.4, -0.2) is 69.6 Å². The van der Waals surface area contributed by atoms with E-state index in [1.807, 2.05) is 19.1 Å². The van der Waals surface area contributed by atoms with E-state index in [-0.39, 0.29) is 30.6 Å². The second-order valence-corrected chi connectivity index (χ2v) is 6.50. The molecule has 0 amide bonds. The lowest BCUT2D eigenvalue weighted by molar-refractivity contribution is -0.176. The first-order valence-electron chi connectivity index (χ1n) is 9.51. The average molecular weight is 530 g/mol. The van der Waals surface area contributed by atoms with Crippen molar-refractivity contribution in [3.63, 3.8) is 0 Å². The van der Waals surface area contributed by atoms with Crippen LogP contribution in [0.5, 0.6) is 0 Å². The van der Waals surface area contributed by atoms with Gasteiger partial charge in [-0.15, -0.1) is 24.0 Å². The Morgan fingerprint density at radius 2 is 1.79 bits per heavy atom. The molecule has 10 heteroatoms. The highest BCUT2D eigenvalue weighted by molar-refractivity contribution is 14.0. The average Bonchev–Trinajstić information content (AvgIpc) is 2.67. The molecule has 29 heavy (non-hydrogen) atoms. The van der Waals surface area contributed by atoms with Gasteiger partial charge in [-0.1, -0.05) is 24.3 Å². The van der Waals surface area contributed by atoms with Crippen molar-refractivity contribution in [2.24, 2.45) is 4.99 Å². The third-order valence-electron chi connectivity index (χ3n) is 4.15. The Hall–Kier alpha value is -1.11. The molecule has 0 spiro atoms. The number of nitrogens with one attached hydrogen (secondary N) is 2. The minimum atomic E-state index is -4.30. The van der Waals surface area contributed by atoms with E-state index in [0.29, 0.717) is 12.1 Å². The van der Waals surface area contributed by atoms with Gasteiger partial charge >= 0.3 is 6.18 Å². The third kappa shape index (κ3) is 11.6. The van der Waals surface area contributed by atoms with Gasteiger partial charge in [0.2, 0.25) is 0 Å². The Kier molecular flexibility index (Phi) is 12.5. The van der Waals surface area contributed by atoms with Crippen LogP contribution in [0, 0.1) is 0 Å². The molecule has 1 saturated heterocycles. The maximum atomic E-state index is 12.1. The van der Waals surface area contributed by atoms with Gasteiger partial charge in [0.05, 0.1) is 26.4 Å². The largest absolute Gasteiger partial charge is 0.411 e. The van der Waals surface area contributed by atoms with Crippen LogP contribution in [-0.2, 0) is 22.6 Å². The number of hydrogen-bond donors (Lipinski definition) is 2. The Labute approximate surface area is 187 Å². The maximum Gasteiger partial charge on any atom is 0.411 e. The summed E-state index contributed by atoms with van der Waals surface area (Å²) in [6, 6.07) is 7.24. The number of guanidine groups is 1. The molecule has 1 aromatic carbocycles. The first-order chi connectivity index (χ1) is 13.5. The summed E-state index contributed by atoms with van der Waals surface area (Å²) in [5, 5.41) is 6.53. The molecule has 0 unspecified atom stereocenters. The lowest BCUT2D eigenvalue weighted by Gasteiger charge is -2.26. The standard InChI is InChI=1S/C19H29F3N4O2.HI/c1-2-23-18(24-7-8-26-9-11-27-12-10-26)25-13-16-3-5-17(6-4-16)14-28-15-19(20,21)22;/h3-6H,2,7-15H2,1H3,(H2,23,24,25);1H. The van der Waals surface area contributed by atoms with Crippen molar-refractivity contribution in [1.29, 1.82) is 0 Å². The molecule has 6 nitrogen and oxygen atoms in total. The minimum absolute atomic E-state index is 0. The Balaban J connectivity index is 0.00000420. The van der Waals surface area contributed by atoms with Gasteiger partial charge in [0.1, 0.15) is 6.61 Å². The van der Waals surface area contributed by atoms with Crippen molar-refractivity contribution in [1.82, 2.24) is 15.5 Å². The highest BCUT2D eigenvalue weighted by Gasteiger charge is 2.27. The van der Waals surface area contributed by atoms with E-state index in [4.69, 9.17) is 4.74 Å². The van der Waals surface area contributed by atoms with Gasteiger partial charge in [-0.05, 0) is 18.1 Å². The molecule has 0 aromatic heterocycles. The van der Waals surface area contributed by atoms with Gasteiger partial charge in [0, 0.05) is 32.7 Å². The number of alkyl halides is 3. The van der Waals surface area contributed by atoms with Crippen LogP contribution < -0.4 is 10.6 Å². The molecule has 0 aliphatic carbocycles. The van der Waals surface area contributed by atoms with Gasteiger partial charge in [0.25, 0.3) is 0 Å². The van der Waals surface area contributed by atoms with E-state index in [9.17, 15) is 13.2 Å². The Morgan fingerprint density at radius 3 is 2.41 bits per heavy atom. The summed E-state index contributed by atoms with van der Waals surface area (Å²) >= 11 is 0. The monoisotopic (exact) mass is 530 g/mol. The molecule has 1 aromatic rings. The van der Waals surface area contributed by atoms with E-state index in [2.05, 4.69) is 25.3 Å². The van der Waals surface area contributed by atoms with Gasteiger partial charge in [-0.2, -0.15) is 13.2 Å². The second kappa shape index (κ2) is 14.0. The molecular formula is C19H30F3IN4O2. The summed E-state index contributed by atoms with van der Waals surface area (Å²) < 4.78 is 46.3. The predicted octanol–water partition coefficient (Wildman–Crippen LogP) is 2.77. The number of aliphatic imine (C=N–C) groups is 1. The van der Waals surface area contributed by atoms with Crippen molar-refractivity contribution < 1.29 is 22.6 Å². The maximum absolute atomic E-state index is 12.1. The van der Waals surface area contributed by atoms with Crippen LogP contribution in [0.4, 0.5) is 13.2 Å². The molecule has 1 aliphatic rings. The number of benzene rings is 1. The van der Waals surface area contributed by atoms with E-state index in [1.165, 1.54) is 0 Å². The van der Waals surface area contributed by atoms with Crippen LogP contribution in [0.15, 0.2) is 29.3 Å². The van der Waals surface area contributed by atoms with Crippen molar-refractivity contribution in [2.75, 3.05) is 52.5 Å². The molecule has 1 fully saturated rings. The van der Waals surface area contributed by atoms with E-state index in [0.717, 1.165) is 57.5 Å². The zero-order valence-electron chi connectivity index (χ0n) is 16.6.